The molecule has 1 aliphatic rings. The maximum atomic E-state index is 11.5. The van der Waals surface area contributed by atoms with Crippen LogP contribution in [0, 0.1) is 0 Å². The molecular weight excluding hydrogens is 260 g/mol. The fourth-order valence-electron chi connectivity index (χ4n) is 1.91. The zero-order valence-electron chi connectivity index (χ0n) is 10.3. The van der Waals surface area contributed by atoms with Gasteiger partial charge in [-0.2, -0.15) is 0 Å². The van der Waals surface area contributed by atoms with Crippen molar-refractivity contribution in [2.45, 2.75) is 19.4 Å². The molecule has 1 atom stereocenters. The molecule has 0 unspecified atom stereocenters. The molecule has 0 aromatic rings. The van der Waals surface area contributed by atoms with Crippen LogP contribution >= 0.6 is 12.2 Å². The van der Waals surface area contributed by atoms with Crippen LogP contribution < -0.4 is 5.32 Å². The van der Waals surface area contributed by atoms with Crippen molar-refractivity contribution in [1.82, 2.24) is 10.2 Å². The first-order valence-electron chi connectivity index (χ1n) is 5.74. The van der Waals surface area contributed by atoms with Crippen LogP contribution in [0.25, 0.3) is 0 Å². The fraction of sp³-hybridized carbons (Fsp3) is 0.900. The number of thiocarbonyl (C=S) groups is 1. The lowest BCUT2D eigenvalue weighted by Gasteiger charge is -2.30. The highest BCUT2D eigenvalue weighted by molar-refractivity contribution is 7.91. The Kier molecular flexibility index (Phi) is 5.61. The molecule has 17 heavy (non-hydrogen) atoms. The summed E-state index contributed by atoms with van der Waals surface area (Å²) in [6.45, 7) is 3.87. The van der Waals surface area contributed by atoms with Gasteiger partial charge in [0.05, 0.1) is 18.1 Å². The highest BCUT2D eigenvalue weighted by Crippen LogP contribution is 2.17. The second-order valence-corrected chi connectivity index (χ2v) is 6.69. The molecule has 0 bridgehead atoms. The van der Waals surface area contributed by atoms with E-state index in [1.807, 2.05) is 11.8 Å². The molecule has 5 nitrogen and oxygen atoms in total. The summed E-state index contributed by atoms with van der Waals surface area (Å²) in [6.07, 6.45) is 0.650. The molecule has 0 amide bonds. The molecule has 1 heterocycles. The maximum Gasteiger partial charge on any atom is 0.169 e. The minimum Gasteiger partial charge on any atom is -0.383 e. The summed E-state index contributed by atoms with van der Waals surface area (Å²) in [5.74, 6) is 0.456. The Morgan fingerprint density at radius 2 is 2.29 bits per heavy atom. The monoisotopic (exact) mass is 280 g/mol. The Morgan fingerprint density at radius 3 is 2.76 bits per heavy atom. The second-order valence-electron chi connectivity index (χ2n) is 4.08. The van der Waals surface area contributed by atoms with Gasteiger partial charge in [-0.1, -0.05) is 0 Å². The second kappa shape index (κ2) is 6.51. The Bertz CT molecular complexity index is 357. The molecule has 1 rings (SSSR count). The number of nitrogens with zero attached hydrogens (tertiary/aromatic N) is 1. The summed E-state index contributed by atoms with van der Waals surface area (Å²) >= 11 is 5.26. The first-order valence-corrected chi connectivity index (χ1v) is 7.97. The summed E-state index contributed by atoms with van der Waals surface area (Å²) in [5, 5.41) is 3.68. The van der Waals surface area contributed by atoms with E-state index in [0.717, 1.165) is 6.54 Å². The average Bonchev–Trinajstić information content (AvgIpc) is 2.60. The van der Waals surface area contributed by atoms with Crippen LogP contribution in [0.5, 0.6) is 0 Å². The molecule has 1 N–H and O–H groups in total. The van der Waals surface area contributed by atoms with Gasteiger partial charge in [0, 0.05) is 26.2 Å². The van der Waals surface area contributed by atoms with Gasteiger partial charge < -0.3 is 15.0 Å². The Labute approximate surface area is 108 Å². The fourth-order valence-corrected chi connectivity index (χ4v) is 4.03. The maximum absolute atomic E-state index is 11.5. The third kappa shape index (κ3) is 4.40. The van der Waals surface area contributed by atoms with Gasteiger partial charge in [-0.3, -0.25) is 0 Å². The van der Waals surface area contributed by atoms with Gasteiger partial charge in [0.2, 0.25) is 0 Å². The van der Waals surface area contributed by atoms with Crippen LogP contribution in [0.15, 0.2) is 0 Å². The van der Waals surface area contributed by atoms with E-state index < -0.39 is 9.84 Å². The van der Waals surface area contributed by atoms with Crippen LogP contribution in [-0.4, -0.2) is 62.8 Å². The van der Waals surface area contributed by atoms with Gasteiger partial charge in [-0.05, 0) is 25.6 Å². The van der Waals surface area contributed by atoms with Crippen molar-refractivity contribution in [2.24, 2.45) is 0 Å². The molecule has 100 valence electrons. The Balaban J connectivity index is 2.66. The molecule has 0 aromatic heterocycles. The standard InChI is InChI=1S/C10H20N2O3S2/c1-3-11-10(16)12(5-6-15-2)9-4-7-17(13,14)8-9/h9H,3-8H2,1-2H3,(H,11,16)/t9-/m0/s1. The number of hydrogen-bond donors (Lipinski definition) is 1. The van der Waals surface area contributed by atoms with E-state index in [1.165, 1.54) is 0 Å². The molecule has 0 radical (unpaired) electrons. The van der Waals surface area contributed by atoms with Crippen molar-refractivity contribution in [2.75, 3.05) is 38.3 Å². The quantitative estimate of drug-likeness (QED) is 0.716. The minimum atomic E-state index is -2.88. The number of sulfone groups is 1. The van der Waals surface area contributed by atoms with E-state index >= 15 is 0 Å². The Morgan fingerprint density at radius 1 is 1.59 bits per heavy atom. The number of methoxy groups -OCH3 is 1. The first-order chi connectivity index (χ1) is 8.00. The number of hydrogen-bond acceptors (Lipinski definition) is 4. The summed E-state index contributed by atoms with van der Waals surface area (Å²) in [5.41, 5.74) is 0. The SMILES string of the molecule is CCNC(=S)N(CCOC)[C@H]1CCS(=O)(=O)C1. The average molecular weight is 280 g/mol. The van der Waals surface area contributed by atoms with Gasteiger partial charge >= 0.3 is 0 Å². The van der Waals surface area contributed by atoms with Gasteiger partial charge in [0.25, 0.3) is 0 Å². The normalized spacial score (nSPS) is 22.4. The molecule has 1 aliphatic heterocycles. The van der Waals surface area contributed by atoms with Gasteiger partial charge in [-0.25, -0.2) is 8.42 Å². The lowest BCUT2D eigenvalue weighted by atomic mass is 10.2. The molecule has 1 fully saturated rings. The van der Waals surface area contributed by atoms with E-state index in [-0.39, 0.29) is 17.5 Å². The largest absolute Gasteiger partial charge is 0.383 e. The lowest BCUT2D eigenvalue weighted by Crippen LogP contribution is -2.48. The van der Waals surface area contributed by atoms with E-state index in [9.17, 15) is 8.42 Å². The first kappa shape index (κ1) is 14.7. The van der Waals surface area contributed by atoms with Crippen LogP contribution in [0.2, 0.25) is 0 Å². The highest BCUT2D eigenvalue weighted by atomic mass is 32.2. The molecule has 0 aliphatic carbocycles. The molecule has 0 aromatic carbocycles. The van der Waals surface area contributed by atoms with Crippen LogP contribution in [0.4, 0.5) is 0 Å². The molecule has 0 saturated carbocycles. The zero-order chi connectivity index (χ0) is 12.9. The highest BCUT2D eigenvalue weighted by Gasteiger charge is 2.33. The smallest absolute Gasteiger partial charge is 0.169 e. The van der Waals surface area contributed by atoms with E-state index in [1.54, 1.807) is 7.11 Å². The van der Waals surface area contributed by atoms with E-state index in [2.05, 4.69) is 5.32 Å². The van der Waals surface area contributed by atoms with Crippen molar-refractivity contribution in [3.8, 4) is 0 Å². The number of rotatable bonds is 5. The summed E-state index contributed by atoms with van der Waals surface area (Å²) in [6, 6.07) is -0.0123. The minimum absolute atomic E-state index is 0.0123. The molecule has 0 spiro atoms. The van der Waals surface area contributed by atoms with Crippen molar-refractivity contribution in [3.63, 3.8) is 0 Å². The van der Waals surface area contributed by atoms with Crippen molar-refractivity contribution >= 4 is 27.2 Å². The van der Waals surface area contributed by atoms with Crippen molar-refractivity contribution in [1.29, 1.82) is 0 Å². The molecule has 1 saturated heterocycles. The molecular formula is C10H20N2O3S2. The van der Waals surface area contributed by atoms with Gasteiger partial charge in [0.15, 0.2) is 14.9 Å². The number of ether oxygens (including phenoxy) is 1. The van der Waals surface area contributed by atoms with Crippen molar-refractivity contribution in [3.05, 3.63) is 0 Å². The topological polar surface area (TPSA) is 58.6 Å². The third-order valence-electron chi connectivity index (χ3n) is 2.77. The summed E-state index contributed by atoms with van der Waals surface area (Å²) in [4.78, 5) is 1.94. The number of nitrogens with one attached hydrogen (secondary N) is 1. The summed E-state index contributed by atoms with van der Waals surface area (Å²) in [7, 11) is -1.26. The third-order valence-corrected chi connectivity index (χ3v) is 4.90. The van der Waals surface area contributed by atoms with Gasteiger partial charge in [0.1, 0.15) is 0 Å². The lowest BCUT2D eigenvalue weighted by molar-refractivity contribution is 0.164. The predicted molar refractivity (Wildman–Crippen MR) is 71.9 cm³/mol. The van der Waals surface area contributed by atoms with Crippen molar-refractivity contribution < 1.29 is 13.2 Å². The van der Waals surface area contributed by atoms with Gasteiger partial charge in [-0.15, -0.1) is 0 Å². The van der Waals surface area contributed by atoms with Crippen LogP contribution in [-0.2, 0) is 14.6 Å². The summed E-state index contributed by atoms with van der Waals surface area (Å²) < 4.78 is 28.0. The van der Waals surface area contributed by atoms with E-state index in [4.69, 9.17) is 17.0 Å². The van der Waals surface area contributed by atoms with Crippen LogP contribution in [0.3, 0.4) is 0 Å². The van der Waals surface area contributed by atoms with Crippen LogP contribution in [0.1, 0.15) is 13.3 Å². The zero-order valence-corrected chi connectivity index (χ0v) is 11.9. The predicted octanol–water partition coefficient (Wildman–Crippen LogP) is 0.0163. The molecule has 7 heteroatoms. The Hall–Kier alpha value is -0.400. The van der Waals surface area contributed by atoms with E-state index in [0.29, 0.717) is 24.7 Å².